The normalized spacial score (nSPS) is 15.0. The molecule has 1 unspecified atom stereocenters. The predicted molar refractivity (Wildman–Crippen MR) is 114 cm³/mol. The first-order chi connectivity index (χ1) is 14.9. The first-order valence-corrected chi connectivity index (χ1v) is 9.80. The van der Waals surface area contributed by atoms with Gasteiger partial charge in [-0.05, 0) is 35.8 Å². The number of anilines is 1. The maximum atomic E-state index is 14.0. The van der Waals surface area contributed by atoms with Gasteiger partial charge in [0.25, 0.3) is 11.5 Å². The lowest BCUT2D eigenvalue weighted by Gasteiger charge is -2.26. The summed E-state index contributed by atoms with van der Waals surface area (Å²) >= 11 is 0. The lowest BCUT2D eigenvalue weighted by Crippen LogP contribution is -2.35. The van der Waals surface area contributed by atoms with E-state index in [4.69, 9.17) is 0 Å². The summed E-state index contributed by atoms with van der Waals surface area (Å²) in [5.74, 6) is -2.74. The highest BCUT2D eigenvalue weighted by atomic mass is 19.3. The fourth-order valence-electron chi connectivity index (χ4n) is 3.72. The Kier molecular flexibility index (Phi) is 5.34. The van der Waals surface area contributed by atoms with Crippen molar-refractivity contribution in [1.82, 2.24) is 14.5 Å². The Balaban J connectivity index is 1.91. The molecule has 0 fully saturated rings. The molecule has 0 radical (unpaired) electrons. The van der Waals surface area contributed by atoms with Gasteiger partial charge in [-0.15, -0.1) is 0 Å². The van der Waals surface area contributed by atoms with Gasteiger partial charge in [0, 0.05) is 5.69 Å². The minimum Gasteiger partial charge on any atom is -0.362 e. The molecular formula is C23H19F2N5O. The van der Waals surface area contributed by atoms with Crippen molar-refractivity contribution in [2.45, 2.75) is 31.9 Å². The van der Waals surface area contributed by atoms with E-state index in [0.29, 0.717) is 34.6 Å². The Morgan fingerprint density at radius 1 is 1.32 bits per heavy atom. The molecule has 3 heterocycles. The summed E-state index contributed by atoms with van der Waals surface area (Å²) in [6.07, 6.45) is 5.41. The highest BCUT2D eigenvalue weighted by Crippen LogP contribution is 2.33. The second kappa shape index (κ2) is 8.11. The molecule has 31 heavy (non-hydrogen) atoms. The largest absolute Gasteiger partial charge is 0.362 e. The van der Waals surface area contributed by atoms with E-state index in [0.717, 1.165) is 10.6 Å². The van der Waals surface area contributed by atoms with Gasteiger partial charge in [0.15, 0.2) is 0 Å². The van der Waals surface area contributed by atoms with Crippen molar-refractivity contribution in [2.24, 2.45) is 0 Å². The molecule has 0 bridgehead atoms. The molecule has 1 aliphatic rings. The van der Waals surface area contributed by atoms with Gasteiger partial charge in [-0.25, -0.2) is 9.97 Å². The summed E-state index contributed by atoms with van der Waals surface area (Å²) in [6, 6.07) is 12.4. The van der Waals surface area contributed by atoms with Crippen LogP contribution in [0.1, 0.15) is 36.2 Å². The van der Waals surface area contributed by atoms with Gasteiger partial charge in [0.2, 0.25) is 0 Å². The van der Waals surface area contributed by atoms with Crippen LogP contribution >= 0.6 is 0 Å². The molecule has 0 spiro atoms. The van der Waals surface area contributed by atoms with E-state index in [1.165, 1.54) is 18.6 Å². The van der Waals surface area contributed by atoms with E-state index in [9.17, 15) is 18.8 Å². The number of nitrogens with zero attached hydrogens (tertiary/aromatic N) is 4. The molecular weight excluding hydrogens is 400 g/mol. The zero-order valence-corrected chi connectivity index (χ0v) is 16.7. The van der Waals surface area contributed by atoms with Crippen molar-refractivity contribution in [2.75, 3.05) is 5.32 Å². The number of nitrogens with one attached hydrogen (secondary N) is 1. The summed E-state index contributed by atoms with van der Waals surface area (Å²) in [7, 11) is 0. The van der Waals surface area contributed by atoms with Crippen molar-refractivity contribution in [1.29, 1.82) is 5.26 Å². The van der Waals surface area contributed by atoms with Crippen molar-refractivity contribution in [3.05, 3.63) is 82.2 Å². The fourth-order valence-corrected chi connectivity index (χ4v) is 3.72. The SMILES string of the molecule is CCC(Nc1ncncc1C#N)c1cc2n(c(=O)c1-c1ccccc1)CC(F)(F)C=C2. The molecule has 6 nitrogen and oxygen atoms in total. The molecule has 1 N–H and O–H groups in total. The van der Waals surface area contributed by atoms with Crippen LogP contribution in [0.2, 0.25) is 0 Å². The van der Waals surface area contributed by atoms with Crippen LogP contribution in [0.4, 0.5) is 14.6 Å². The van der Waals surface area contributed by atoms with Gasteiger partial charge in [-0.2, -0.15) is 14.0 Å². The Bertz CT molecular complexity index is 1250. The summed E-state index contributed by atoms with van der Waals surface area (Å²) < 4.78 is 29.1. The van der Waals surface area contributed by atoms with E-state index in [2.05, 4.69) is 15.3 Å². The van der Waals surface area contributed by atoms with E-state index in [1.54, 1.807) is 30.3 Å². The minimum absolute atomic E-state index is 0.274. The third-order valence-electron chi connectivity index (χ3n) is 5.22. The third-order valence-corrected chi connectivity index (χ3v) is 5.22. The number of benzene rings is 1. The number of allylic oxidation sites excluding steroid dienone is 1. The van der Waals surface area contributed by atoms with E-state index < -0.39 is 18.0 Å². The number of fused-ring (bicyclic) bond motifs is 1. The molecule has 2 aromatic heterocycles. The summed E-state index contributed by atoms with van der Waals surface area (Å²) in [5.41, 5.74) is 1.85. The number of halogens is 2. The number of alkyl halides is 2. The highest BCUT2D eigenvalue weighted by Gasteiger charge is 2.32. The van der Waals surface area contributed by atoms with Gasteiger partial charge >= 0.3 is 0 Å². The Morgan fingerprint density at radius 2 is 2.10 bits per heavy atom. The quantitative estimate of drug-likeness (QED) is 0.663. The van der Waals surface area contributed by atoms with Crippen molar-refractivity contribution >= 4 is 11.9 Å². The monoisotopic (exact) mass is 419 g/mol. The van der Waals surface area contributed by atoms with Gasteiger partial charge in [-0.3, -0.25) is 4.79 Å². The van der Waals surface area contributed by atoms with Crippen LogP contribution in [0.25, 0.3) is 17.2 Å². The highest BCUT2D eigenvalue weighted by molar-refractivity contribution is 5.70. The zero-order chi connectivity index (χ0) is 22.0. The van der Waals surface area contributed by atoms with Gasteiger partial charge < -0.3 is 9.88 Å². The maximum absolute atomic E-state index is 14.0. The number of hydrogen-bond donors (Lipinski definition) is 1. The molecule has 0 aliphatic carbocycles. The van der Waals surface area contributed by atoms with Crippen LogP contribution in [-0.4, -0.2) is 20.5 Å². The second-order valence-electron chi connectivity index (χ2n) is 7.25. The molecule has 8 heteroatoms. The molecule has 1 aliphatic heterocycles. The van der Waals surface area contributed by atoms with E-state index in [-0.39, 0.29) is 11.6 Å². The Morgan fingerprint density at radius 3 is 2.81 bits per heavy atom. The third kappa shape index (κ3) is 3.94. The topological polar surface area (TPSA) is 83.6 Å². The molecule has 0 amide bonds. The smallest absolute Gasteiger partial charge is 0.284 e. The predicted octanol–water partition coefficient (Wildman–Crippen LogP) is 4.40. The second-order valence-corrected chi connectivity index (χ2v) is 7.25. The molecule has 156 valence electrons. The molecule has 1 atom stereocenters. The van der Waals surface area contributed by atoms with Crippen LogP contribution < -0.4 is 10.9 Å². The summed E-state index contributed by atoms with van der Waals surface area (Å²) in [5, 5.41) is 12.6. The van der Waals surface area contributed by atoms with Crippen LogP contribution in [0, 0.1) is 11.3 Å². The Labute approximate surface area is 177 Å². The van der Waals surface area contributed by atoms with Crippen LogP contribution in [0.3, 0.4) is 0 Å². The lowest BCUT2D eigenvalue weighted by atomic mass is 9.93. The zero-order valence-electron chi connectivity index (χ0n) is 16.7. The van der Waals surface area contributed by atoms with E-state index in [1.807, 2.05) is 19.1 Å². The average molecular weight is 419 g/mol. The first-order valence-electron chi connectivity index (χ1n) is 9.80. The van der Waals surface area contributed by atoms with Gasteiger partial charge in [-0.1, -0.05) is 37.3 Å². The first kappa shape index (κ1) is 20.4. The van der Waals surface area contributed by atoms with Crippen LogP contribution in [0.5, 0.6) is 0 Å². The van der Waals surface area contributed by atoms with E-state index >= 15 is 0 Å². The van der Waals surface area contributed by atoms with Crippen molar-refractivity contribution in [3.8, 4) is 17.2 Å². The summed E-state index contributed by atoms with van der Waals surface area (Å²) in [6.45, 7) is 1.23. The standard InChI is InChI=1S/C23H19F2N5O/c1-2-19(29-21-16(11-26)12-27-14-28-21)18-10-17-8-9-23(24,25)13-30(17)22(31)20(18)15-6-4-3-5-7-15/h3-10,12,14,19H,2,13H2,1H3,(H,27,28,29). The summed E-state index contributed by atoms with van der Waals surface area (Å²) in [4.78, 5) is 21.4. The maximum Gasteiger partial charge on any atom is 0.284 e. The van der Waals surface area contributed by atoms with Crippen molar-refractivity contribution < 1.29 is 8.78 Å². The number of nitriles is 1. The molecule has 1 aromatic carbocycles. The van der Waals surface area contributed by atoms with Crippen molar-refractivity contribution in [3.63, 3.8) is 0 Å². The lowest BCUT2D eigenvalue weighted by molar-refractivity contribution is 0.0330. The number of pyridine rings is 1. The minimum atomic E-state index is -3.09. The van der Waals surface area contributed by atoms with Gasteiger partial charge in [0.05, 0.1) is 24.3 Å². The average Bonchev–Trinajstić information content (AvgIpc) is 2.78. The number of aromatic nitrogens is 3. The number of hydrogen-bond acceptors (Lipinski definition) is 5. The van der Waals surface area contributed by atoms with Gasteiger partial charge in [0.1, 0.15) is 23.8 Å². The number of rotatable bonds is 5. The fraction of sp³-hybridized carbons (Fsp3) is 0.217. The van der Waals surface area contributed by atoms with Crippen LogP contribution in [0.15, 0.2) is 59.8 Å². The molecule has 3 aromatic rings. The molecule has 4 rings (SSSR count). The van der Waals surface area contributed by atoms with Crippen LogP contribution in [-0.2, 0) is 6.54 Å². The molecule has 0 saturated carbocycles. The molecule has 0 saturated heterocycles. The Hall–Kier alpha value is -3.86.